The van der Waals surface area contributed by atoms with Crippen LogP contribution in [0.2, 0.25) is 0 Å². The predicted octanol–water partition coefficient (Wildman–Crippen LogP) is 1.34. The van der Waals surface area contributed by atoms with Gasteiger partial charge in [-0.1, -0.05) is 12.1 Å². The van der Waals surface area contributed by atoms with Gasteiger partial charge in [-0.3, -0.25) is 0 Å². The normalized spacial score (nSPS) is 12.8. The van der Waals surface area contributed by atoms with E-state index in [-0.39, 0.29) is 11.9 Å². The first-order valence-corrected chi connectivity index (χ1v) is 4.81. The van der Waals surface area contributed by atoms with E-state index in [1.54, 1.807) is 13.0 Å². The highest BCUT2D eigenvalue weighted by Crippen LogP contribution is 2.03. The van der Waals surface area contributed by atoms with E-state index in [1.165, 1.54) is 12.1 Å². The van der Waals surface area contributed by atoms with Crippen molar-refractivity contribution in [2.45, 2.75) is 19.4 Å². The summed E-state index contributed by atoms with van der Waals surface area (Å²) in [6.07, 6.45) is 0.451. The summed E-state index contributed by atoms with van der Waals surface area (Å²) >= 11 is 0. The fourth-order valence-electron chi connectivity index (χ4n) is 1.24. The van der Waals surface area contributed by atoms with E-state index in [1.807, 2.05) is 6.07 Å². The lowest BCUT2D eigenvalue weighted by Gasteiger charge is -2.06. The molecule has 1 aromatic carbocycles. The fraction of sp³-hybridized carbons (Fsp3) is 0.455. The Kier molecular flexibility index (Phi) is 4.56. The second-order valence-corrected chi connectivity index (χ2v) is 3.43. The topological polar surface area (TPSA) is 32.3 Å². The minimum atomic E-state index is -0.331. The maximum Gasteiger partial charge on any atom is 0.123 e. The molecule has 0 fully saturated rings. The van der Waals surface area contributed by atoms with Crippen LogP contribution < -0.4 is 5.32 Å². The molecule has 0 bridgehead atoms. The third-order valence-corrected chi connectivity index (χ3v) is 1.92. The van der Waals surface area contributed by atoms with Gasteiger partial charge in [-0.15, -0.1) is 0 Å². The van der Waals surface area contributed by atoms with Crippen molar-refractivity contribution in [2.24, 2.45) is 0 Å². The zero-order valence-electron chi connectivity index (χ0n) is 8.33. The lowest BCUT2D eigenvalue weighted by molar-refractivity contribution is 0.191. The molecule has 0 radical (unpaired) electrons. The average Bonchev–Trinajstić information content (AvgIpc) is 2.12. The highest BCUT2D eigenvalue weighted by Gasteiger charge is 1.96. The summed E-state index contributed by atoms with van der Waals surface area (Å²) in [6.45, 7) is 3.07. The highest BCUT2D eigenvalue weighted by atomic mass is 19.1. The zero-order chi connectivity index (χ0) is 10.4. The Morgan fingerprint density at radius 2 is 2.29 bits per heavy atom. The molecular formula is C11H16FNO. The number of rotatable bonds is 5. The molecule has 0 heterocycles. The molecule has 3 heteroatoms. The van der Waals surface area contributed by atoms with Gasteiger partial charge < -0.3 is 10.4 Å². The van der Waals surface area contributed by atoms with Crippen molar-refractivity contribution in [3.63, 3.8) is 0 Å². The second kappa shape index (κ2) is 5.73. The van der Waals surface area contributed by atoms with Crippen LogP contribution in [0.5, 0.6) is 0 Å². The first kappa shape index (κ1) is 11.1. The molecule has 0 saturated carbocycles. The Labute approximate surface area is 83.8 Å². The van der Waals surface area contributed by atoms with Crippen LogP contribution in [0.25, 0.3) is 0 Å². The third-order valence-electron chi connectivity index (χ3n) is 1.92. The van der Waals surface area contributed by atoms with E-state index < -0.39 is 0 Å². The SMILES string of the molecule is C[C@H](O)CNCCc1cccc(F)c1. The minimum Gasteiger partial charge on any atom is -0.392 e. The molecule has 2 nitrogen and oxygen atoms in total. The molecular weight excluding hydrogens is 181 g/mol. The quantitative estimate of drug-likeness (QED) is 0.698. The summed E-state index contributed by atoms with van der Waals surface area (Å²) in [5, 5.41) is 12.1. The summed E-state index contributed by atoms with van der Waals surface area (Å²) in [5.74, 6) is -0.196. The monoisotopic (exact) mass is 197 g/mol. The standard InChI is InChI=1S/C11H16FNO/c1-9(14)8-13-6-5-10-3-2-4-11(12)7-10/h2-4,7,9,13-14H,5-6,8H2,1H3/t9-/m0/s1. The number of benzene rings is 1. The number of hydrogen-bond donors (Lipinski definition) is 2. The largest absolute Gasteiger partial charge is 0.392 e. The van der Waals surface area contributed by atoms with E-state index in [0.29, 0.717) is 6.54 Å². The van der Waals surface area contributed by atoms with Crippen molar-refractivity contribution in [3.05, 3.63) is 35.6 Å². The third kappa shape index (κ3) is 4.35. The van der Waals surface area contributed by atoms with Crippen LogP contribution in [0, 0.1) is 5.82 Å². The maximum absolute atomic E-state index is 12.7. The van der Waals surface area contributed by atoms with Crippen molar-refractivity contribution in [2.75, 3.05) is 13.1 Å². The van der Waals surface area contributed by atoms with Crippen LogP contribution in [0.4, 0.5) is 4.39 Å². The van der Waals surface area contributed by atoms with Gasteiger partial charge in [0, 0.05) is 6.54 Å². The molecule has 0 aliphatic heterocycles. The zero-order valence-corrected chi connectivity index (χ0v) is 8.33. The first-order chi connectivity index (χ1) is 6.68. The van der Waals surface area contributed by atoms with Gasteiger partial charge in [0.2, 0.25) is 0 Å². The van der Waals surface area contributed by atoms with Gasteiger partial charge in [0.1, 0.15) is 5.82 Å². The van der Waals surface area contributed by atoms with Crippen LogP contribution in [0.15, 0.2) is 24.3 Å². The van der Waals surface area contributed by atoms with Crippen LogP contribution in [0.1, 0.15) is 12.5 Å². The van der Waals surface area contributed by atoms with Crippen molar-refractivity contribution < 1.29 is 9.50 Å². The van der Waals surface area contributed by atoms with Crippen molar-refractivity contribution in [1.29, 1.82) is 0 Å². The molecule has 0 saturated heterocycles. The van der Waals surface area contributed by atoms with Crippen LogP contribution in [-0.4, -0.2) is 24.3 Å². The average molecular weight is 197 g/mol. The second-order valence-electron chi connectivity index (χ2n) is 3.43. The first-order valence-electron chi connectivity index (χ1n) is 4.81. The Bertz CT molecular complexity index is 276. The fourth-order valence-corrected chi connectivity index (χ4v) is 1.24. The summed E-state index contributed by atoms with van der Waals surface area (Å²) in [6, 6.07) is 6.57. The smallest absolute Gasteiger partial charge is 0.123 e. The molecule has 0 aromatic heterocycles. The number of aliphatic hydroxyl groups is 1. The maximum atomic E-state index is 12.7. The van der Waals surface area contributed by atoms with Gasteiger partial charge in [-0.05, 0) is 37.6 Å². The van der Waals surface area contributed by atoms with Gasteiger partial charge in [0.25, 0.3) is 0 Å². The van der Waals surface area contributed by atoms with E-state index in [0.717, 1.165) is 18.5 Å². The Morgan fingerprint density at radius 1 is 1.50 bits per heavy atom. The molecule has 0 amide bonds. The molecule has 0 spiro atoms. The predicted molar refractivity (Wildman–Crippen MR) is 54.7 cm³/mol. The van der Waals surface area contributed by atoms with Crippen LogP contribution in [0.3, 0.4) is 0 Å². The Morgan fingerprint density at radius 3 is 2.93 bits per heavy atom. The summed E-state index contributed by atoms with van der Waals surface area (Å²) in [5.41, 5.74) is 0.975. The molecule has 0 aliphatic rings. The summed E-state index contributed by atoms with van der Waals surface area (Å²) in [4.78, 5) is 0. The van der Waals surface area contributed by atoms with Gasteiger partial charge in [-0.2, -0.15) is 0 Å². The minimum absolute atomic E-state index is 0.196. The molecule has 1 aromatic rings. The van der Waals surface area contributed by atoms with Crippen molar-refractivity contribution in [3.8, 4) is 0 Å². The van der Waals surface area contributed by atoms with Gasteiger partial charge in [0.15, 0.2) is 0 Å². The lowest BCUT2D eigenvalue weighted by atomic mass is 10.1. The van der Waals surface area contributed by atoms with E-state index in [9.17, 15) is 4.39 Å². The summed E-state index contributed by atoms with van der Waals surface area (Å²) in [7, 11) is 0. The van der Waals surface area contributed by atoms with E-state index in [2.05, 4.69) is 5.32 Å². The molecule has 1 rings (SSSR count). The van der Waals surface area contributed by atoms with Gasteiger partial charge in [0.05, 0.1) is 6.10 Å². The molecule has 2 N–H and O–H groups in total. The van der Waals surface area contributed by atoms with E-state index in [4.69, 9.17) is 5.11 Å². The number of halogens is 1. The summed E-state index contributed by atoms with van der Waals surface area (Å²) < 4.78 is 12.7. The Hall–Kier alpha value is -0.930. The van der Waals surface area contributed by atoms with E-state index >= 15 is 0 Å². The van der Waals surface area contributed by atoms with Crippen LogP contribution in [-0.2, 0) is 6.42 Å². The molecule has 14 heavy (non-hydrogen) atoms. The number of nitrogens with one attached hydrogen (secondary N) is 1. The molecule has 0 unspecified atom stereocenters. The number of aliphatic hydroxyl groups excluding tert-OH is 1. The molecule has 1 atom stereocenters. The Balaban J connectivity index is 2.25. The van der Waals surface area contributed by atoms with Gasteiger partial charge in [-0.25, -0.2) is 4.39 Å². The lowest BCUT2D eigenvalue weighted by Crippen LogP contribution is -2.26. The molecule has 0 aliphatic carbocycles. The number of hydrogen-bond acceptors (Lipinski definition) is 2. The highest BCUT2D eigenvalue weighted by molar-refractivity contribution is 5.16. The molecule has 78 valence electrons. The van der Waals surface area contributed by atoms with Crippen molar-refractivity contribution in [1.82, 2.24) is 5.32 Å². The van der Waals surface area contributed by atoms with Gasteiger partial charge >= 0.3 is 0 Å². The van der Waals surface area contributed by atoms with Crippen molar-refractivity contribution >= 4 is 0 Å². The van der Waals surface area contributed by atoms with Crippen LogP contribution >= 0.6 is 0 Å².